The first-order valence-corrected chi connectivity index (χ1v) is 8.13. The van der Waals surface area contributed by atoms with E-state index in [1.165, 1.54) is 4.90 Å². The second-order valence-electron chi connectivity index (χ2n) is 5.99. The highest BCUT2D eigenvalue weighted by Gasteiger charge is 2.52. The lowest BCUT2D eigenvalue weighted by molar-refractivity contribution is -0.556. The number of ether oxygens (including phenoxy) is 1. The van der Waals surface area contributed by atoms with Gasteiger partial charge in [0.05, 0.1) is 0 Å². The summed E-state index contributed by atoms with van der Waals surface area (Å²) in [7, 11) is 0. The molecule has 0 saturated carbocycles. The van der Waals surface area contributed by atoms with Crippen molar-refractivity contribution in [2.45, 2.75) is 44.8 Å². The Kier molecular flexibility index (Phi) is 5.89. The quantitative estimate of drug-likeness (QED) is 0.589. The van der Waals surface area contributed by atoms with Crippen molar-refractivity contribution >= 4 is 11.9 Å². The van der Waals surface area contributed by atoms with Gasteiger partial charge in [0.25, 0.3) is 5.54 Å². The van der Waals surface area contributed by atoms with Crippen molar-refractivity contribution in [2.75, 3.05) is 13.1 Å². The largest absolute Gasteiger partial charge is 0.445 e. The first-order valence-electron chi connectivity index (χ1n) is 8.13. The fourth-order valence-corrected chi connectivity index (χ4v) is 2.89. The van der Waals surface area contributed by atoms with Gasteiger partial charge in [0.1, 0.15) is 6.61 Å². The number of amides is 1. The summed E-state index contributed by atoms with van der Waals surface area (Å²) in [6, 6.07) is 9.29. The number of carbonyl (C=O) groups excluding carboxylic acids is 2. The minimum Gasteiger partial charge on any atom is -0.445 e. The number of carbonyl (C=O) groups is 2. The highest BCUT2D eigenvalue weighted by atomic mass is 16.6. The summed E-state index contributed by atoms with van der Waals surface area (Å²) in [6.45, 7) is 2.29. The Morgan fingerprint density at radius 2 is 1.88 bits per heavy atom. The third-order valence-corrected chi connectivity index (χ3v) is 4.40. The number of likely N-dealkylation sites (tertiary alicyclic amines) is 1. The lowest BCUT2D eigenvalue weighted by Gasteiger charge is -2.34. The average Bonchev–Trinajstić information content (AvgIpc) is 2.60. The highest BCUT2D eigenvalue weighted by molar-refractivity contribution is 5.87. The zero-order valence-electron chi connectivity index (χ0n) is 13.8. The second-order valence-corrected chi connectivity index (χ2v) is 5.99. The smallest absolute Gasteiger partial charge is 0.410 e. The van der Waals surface area contributed by atoms with Gasteiger partial charge in [0.2, 0.25) is 5.78 Å². The Bertz CT molecular complexity index is 594. The van der Waals surface area contributed by atoms with Gasteiger partial charge in [0.15, 0.2) is 0 Å². The normalized spacial score (nSPS) is 16.5. The van der Waals surface area contributed by atoms with Gasteiger partial charge >= 0.3 is 6.09 Å². The van der Waals surface area contributed by atoms with E-state index in [4.69, 9.17) is 4.74 Å². The van der Waals surface area contributed by atoms with Crippen molar-refractivity contribution in [1.82, 2.24) is 4.90 Å². The van der Waals surface area contributed by atoms with Crippen LogP contribution in [0.1, 0.15) is 38.2 Å². The van der Waals surface area contributed by atoms with E-state index in [9.17, 15) is 19.7 Å². The van der Waals surface area contributed by atoms with E-state index >= 15 is 0 Å². The zero-order chi connectivity index (χ0) is 17.6. The molecular weight excluding hydrogens is 312 g/mol. The molecule has 0 aromatic heterocycles. The summed E-state index contributed by atoms with van der Waals surface area (Å²) in [5, 5.41) is 11.4. The van der Waals surface area contributed by atoms with E-state index in [0.29, 0.717) is 6.42 Å². The SMILES string of the molecule is CCCC(=O)C1([N+](=O)[O-])CCN(C(=O)OCc2ccccc2)CC1. The van der Waals surface area contributed by atoms with E-state index in [1.54, 1.807) is 0 Å². The summed E-state index contributed by atoms with van der Waals surface area (Å²) in [5.74, 6) is -0.340. The van der Waals surface area contributed by atoms with E-state index in [-0.39, 0.29) is 44.7 Å². The molecule has 2 rings (SSSR count). The molecule has 7 heteroatoms. The summed E-state index contributed by atoms with van der Waals surface area (Å²) in [6.07, 6.45) is 0.355. The van der Waals surface area contributed by atoms with Crippen LogP contribution >= 0.6 is 0 Å². The summed E-state index contributed by atoms with van der Waals surface area (Å²) in [4.78, 5) is 36.7. The zero-order valence-corrected chi connectivity index (χ0v) is 13.8. The number of rotatable bonds is 6. The number of piperidine rings is 1. The monoisotopic (exact) mass is 334 g/mol. The lowest BCUT2D eigenvalue weighted by Crippen LogP contribution is -2.55. The summed E-state index contributed by atoms with van der Waals surface area (Å²) in [5.41, 5.74) is -0.674. The van der Waals surface area contributed by atoms with Crippen LogP contribution in [0.2, 0.25) is 0 Å². The number of nitro groups is 1. The molecule has 0 atom stereocenters. The topological polar surface area (TPSA) is 89.8 Å². The standard InChI is InChI=1S/C17H22N2O5/c1-2-6-15(20)17(19(22)23)9-11-18(12-10-17)16(21)24-13-14-7-4-3-5-8-14/h3-5,7-8H,2,6,9-13H2,1H3. The van der Waals surface area contributed by atoms with E-state index in [1.807, 2.05) is 37.3 Å². The number of Topliss-reactive ketones (excluding diaryl/α,β-unsaturated/α-hetero) is 1. The van der Waals surface area contributed by atoms with Crippen molar-refractivity contribution in [3.63, 3.8) is 0 Å². The van der Waals surface area contributed by atoms with Gasteiger partial charge < -0.3 is 9.64 Å². The predicted octanol–water partition coefficient (Wildman–Crippen LogP) is 2.80. The minimum absolute atomic E-state index is 0.0409. The van der Waals surface area contributed by atoms with Crippen LogP contribution in [0.25, 0.3) is 0 Å². The predicted molar refractivity (Wildman–Crippen MR) is 87.1 cm³/mol. The van der Waals surface area contributed by atoms with E-state index in [0.717, 1.165) is 5.56 Å². The molecule has 1 amide bonds. The molecule has 1 aromatic carbocycles. The molecular formula is C17H22N2O5. The maximum Gasteiger partial charge on any atom is 0.410 e. The highest BCUT2D eigenvalue weighted by Crippen LogP contribution is 2.29. The van der Waals surface area contributed by atoms with Crippen LogP contribution in [0.5, 0.6) is 0 Å². The third kappa shape index (κ3) is 3.90. The Labute approximate surface area is 140 Å². The number of ketones is 1. The molecule has 7 nitrogen and oxygen atoms in total. The molecule has 1 heterocycles. The summed E-state index contributed by atoms with van der Waals surface area (Å²) >= 11 is 0. The van der Waals surface area contributed by atoms with Crippen LogP contribution in [0.3, 0.4) is 0 Å². The van der Waals surface area contributed by atoms with Crippen LogP contribution in [0, 0.1) is 10.1 Å². The van der Waals surface area contributed by atoms with Crippen molar-refractivity contribution in [3.8, 4) is 0 Å². The third-order valence-electron chi connectivity index (χ3n) is 4.40. The van der Waals surface area contributed by atoms with Crippen LogP contribution in [-0.2, 0) is 16.1 Å². The lowest BCUT2D eigenvalue weighted by atomic mass is 9.82. The Balaban J connectivity index is 1.91. The maximum atomic E-state index is 12.2. The molecule has 0 bridgehead atoms. The van der Waals surface area contributed by atoms with Gasteiger partial charge in [-0.15, -0.1) is 0 Å². The van der Waals surface area contributed by atoms with E-state index < -0.39 is 16.6 Å². The molecule has 0 unspecified atom stereocenters. The van der Waals surface area contributed by atoms with Crippen LogP contribution < -0.4 is 0 Å². The van der Waals surface area contributed by atoms with Crippen LogP contribution in [0.4, 0.5) is 4.79 Å². The van der Waals surface area contributed by atoms with Crippen molar-refractivity contribution in [1.29, 1.82) is 0 Å². The average molecular weight is 334 g/mol. The fraction of sp³-hybridized carbons (Fsp3) is 0.529. The molecule has 24 heavy (non-hydrogen) atoms. The molecule has 130 valence electrons. The Hall–Kier alpha value is -2.44. The fourth-order valence-electron chi connectivity index (χ4n) is 2.89. The molecule has 0 spiro atoms. The number of nitrogens with zero attached hydrogens (tertiary/aromatic N) is 2. The molecule has 0 radical (unpaired) electrons. The van der Waals surface area contributed by atoms with Crippen LogP contribution in [-0.4, -0.2) is 40.3 Å². The van der Waals surface area contributed by atoms with Crippen LogP contribution in [0.15, 0.2) is 30.3 Å². The van der Waals surface area contributed by atoms with Gasteiger partial charge in [0, 0.05) is 37.3 Å². The number of benzene rings is 1. The number of hydrogen-bond donors (Lipinski definition) is 0. The first kappa shape index (κ1) is 17.9. The van der Waals surface area contributed by atoms with Gasteiger partial charge in [-0.25, -0.2) is 4.79 Å². The van der Waals surface area contributed by atoms with Gasteiger partial charge in [-0.1, -0.05) is 37.3 Å². The molecule has 1 fully saturated rings. The maximum absolute atomic E-state index is 12.2. The second kappa shape index (κ2) is 7.90. The van der Waals surface area contributed by atoms with Crippen molar-refractivity contribution in [3.05, 3.63) is 46.0 Å². The molecule has 1 aliphatic rings. The number of hydrogen-bond acceptors (Lipinski definition) is 5. The molecule has 1 aliphatic heterocycles. The Morgan fingerprint density at radius 1 is 1.25 bits per heavy atom. The minimum atomic E-state index is -1.55. The Morgan fingerprint density at radius 3 is 2.42 bits per heavy atom. The molecule has 1 saturated heterocycles. The van der Waals surface area contributed by atoms with Gasteiger partial charge in [-0.3, -0.25) is 14.9 Å². The van der Waals surface area contributed by atoms with Gasteiger partial charge in [-0.2, -0.15) is 0 Å². The van der Waals surface area contributed by atoms with Crippen molar-refractivity contribution in [2.24, 2.45) is 0 Å². The van der Waals surface area contributed by atoms with Gasteiger partial charge in [-0.05, 0) is 12.0 Å². The first-order chi connectivity index (χ1) is 11.5. The molecule has 0 aliphatic carbocycles. The summed E-state index contributed by atoms with van der Waals surface area (Å²) < 4.78 is 5.24. The molecule has 0 N–H and O–H groups in total. The van der Waals surface area contributed by atoms with E-state index in [2.05, 4.69) is 0 Å². The van der Waals surface area contributed by atoms with Crippen molar-refractivity contribution < 1.29 is 19.2 Å². The molecule has 1 aromatic rings.